The Labute approximate surface area is 146 Å². The van der Waals surface area contributed by atoms with Crippen LogP contribution in [0.3, 0.4) is 0 Å². The number of fused-ring (bicyclic) bond motifs is 1. The molecular weight excluding hydrogens is 312 g/mol. The number of para-hydroxylation sites is 2. The second-order valence-corrected chi connectivity index (χ2v) is 6.01. The zero-order valence-corrected chi connectivity index (χ0v) is 14.4. The van der Waals surface area contributed by atoms with Crippen molar-refractivity contribution in [2.45, 2.75) is 26.8 Å². The zero-order chi connectivity index (χ0) is 17.8. The van der Waals surface area contributed by atoms with Gasteiger partial charge in [0.25, 0.3) is 0 Å². The Bertz CT molecular complexity index is 965. The number of hydrogen-bond donors (Lipinski definition) is 1. The number of nitrogens with one attached hydrogen (secondary N) is 1. The molecule has 0 aliphatic heterocycles. The summed E-state index contributed by atoms with van der Waals surface area (Å²) in [6, 6.07) is 15.3. The van der Waals surface area contributed by atoms with Gasteiger partial charge in [0.15, 0.2) is 5.78 Å². The van der Waals surface area contributed by atoms with Crippen molar-refractivity contribution in [2.24, 2.45) is 0 Å². The first-order chi connectivity index (χ1) is 12.1. The van der Waals surface area contributed by atoms with Crippen LogP contribution in [-0.4, -0.2) is 21.9 Å². The Hall–Kier alpha value is -3.13. The highest BCUT2D eigenvalue weighted by molar-refractivity contribution is 5.99. The number of ketones is 1. The maximum atomic E-state index is 11.7. The summed E-state index contributed by atoms with van der Waals surface area (Å²) in [5.74, 6) is 0.987. The number of nitriles is 1. The Morgan fingerprint density at radius 1 is 1.28 bits per heavy atom. The van der Waals surface area contributed by atoms with Gasteiger partial charge in [0.2, 0.25) is 0 Å². The summed E-state index contributed by atoms with van der Waals surface area (Å²) in [6.45, 7) is 5.10. The first kappa shape index (κ1) is 16.7. The molecule has 0 fully saturated rings. The molecule has 0 radical (unpaired) electrons. The molecule has 0 spiro atoms. The number of anilines is 1. The van der Waals surface area contributed by atoms with Crippen LogP contribution in [0, 0.1) is 18.3 Å². The predicted molar refractivity (Wildman–Crippen MR) is 98.7 cm³/mol. The van der Waals surface area contributed by atoms with Gasteiger partial charge in [-0.25, -0.2) is 4.98 Å². The molecule has 3 aromatic rings. The average Bonchev–Trinajstić information content (AvgIpc) is 2.93. The maximum absolute atomic E-state index is 11.7. The highest BCUT2D eigenvalue weighted by Gasteiger charge is 2.09. The van der Waals surface area contributed by atoms with E-state index in [0.717, 1.165) is 35.5 Å². The summed E-state index contributed by atoms with van der Waals surface area (Å²) in [5.41, 5.74) is 4.02. The van der Waals surface area contributed by atoms with Crippen molar-refractivity contribution in [2.75, 3.05) is 11.9 Å². The summed E-state index contributed by atoms with van der Waals surface area (Å²) in [4.78, 5) is 16.3. The Morgan fingerprint density at radius 3 is 2.84 bits per heavy atom. The molecule has 3 rings (SSSR count). The first-order valence-corrected chi connectivity index (χ1v) is 8.31. The molecule has 0 saturated heterocycles. The van der Waals surface area contributed by atoms with Crippen LogP contribution in [0.25, 0.3) is 11.0 Å². The monoisotopic (exact) mass is 332 g/mol. The van der Waals surface area contributed by atoms with Gasteiger partial charge in [0.1, 0.15) is 5.82 Å². The molecule has 0 atom stereocenters. The minimum atomic E-state index is -0.0107. The lowest BCUT2D eigenvalue weighted by molar-refractivity contribution is 0.101. The summed E-state index contributed by atoms with van der Waals surface area (Å²) in [7, 11) is 0. The quantitative estimate of drug-likeness (QED) is 0.548. The van der Waals surface area contributed by atoms with Gasteiger partial charge in [-0.05, 0) is 50.6 Å². The van der Waals surface area contributed by atoms with E-state index in [1.165, 1.54) is 6.92 Å². The Morgan fingerprint density at radius 2 is 2.08 bits per heavy atom. The van der Waals surface area contributed by atoms with E-state index < -0.39 is 0 Å². The molecule has 5 nitrogen and oxygen atoms in total. The normalized spacial score (nSPS) is 10.6. The smallest absolute Gasteiger partial charge is 0.161 e. The van der Waals surface area contributed by atoms with Crippen LogP contribution in [0.2, 0.25) is 0 Å². The van der Waals surface area contributed by atoms with E-state index >= 15 is 0 Å². The van der Waals surface area contributed by atoms with E-state index in [-0.39, 0.29) is 5.78 Å². The van der Waals surface area contributed by atoms with E-state index in [2.05, 4.69) is 27.0 Å². The fraction of sp³-hybridized carbons (Fsp3) is 0.250. The molecule has 1 N–H and O–H groups in total. The number of hydrogen-bond acceptors (Lipinski definition) is 4. The van der Waals surface area contributed by atoms with E-state index in [4.69, 9.17) is 5.26 Å². The number of carbonyl (C=O) groups is 1. The molecule has 126 valence electrons. The molecule has 25 heavy (non-hydrogen) atoms. The van der Waals surface area contributed by atoms with Gasteiger partial charge in [-0.15, -0.1) is 0 Å². The average molecular weight is 332 g/mol. The van der Waals surface area contributed by atoms with Crippen molar-refractivity contribution in [1.29, 1.82) is 5.26 Å². The van der Waals surface area contributed by atoms with Crippen LogP contribution < -0.4 is 5.32 Å². The fourth-order valence-corrected chi connectivity index (χ4v) is 3.01. The van der Waals surface area contributed by atoms with Crippen LogP contribution in [0.15, 0.2) is 42.5 Å². The number of nitrogens with zero attached hydrogens (tertiary/aromatic N) is 3. The van der Waals surface area contributed by atoms with Crippen molar-refractivity contribution in [1.82, 2.24) is 9.55 Å². The summed E-state index contributed by atoms with van der Waals surface area (Å²) in [5, 5.41) is 12.3. The van der Waals surface area contributed by atoms with Crippen LogP contribution in [0.5, 0.6) is 0 Å². The predicted octanol–water partition coefficient (Wildman–Crippen LogP) is 3.92. The van der Waals surface area contributed by atoms with Gasteiger partial charge in [0.05, 0.1) is 22.7 Å². The third kappa shape index (κ3) is 3.53. The van der Waals surface area contributed by atoms with Gasteiger partial charge >= 0.3 is 0 Å². The van der Waals surface area contributed by atoms with Gasteiger partial charge in [0, 0.05) is 24.3 Å². The van der Waals surface area contributed by atoms with Crippen molar-refractivity contribution in [3.05, 3.63) is 59.4 Å². The Balaban J connectivity index is 1.68. The molecule has 1 heterocycles. The molecule has 0 unspecified atom stereocenters. The van der Waals surface area contributed by atoms with E-state index in [0.29, 0.717) is 17.7 Å². The van der Waals surface area contributed by atoms with Crippen LogP contribution in [-0.2, 0) is 6.54 Å². The third-order valence-electron chi connectivity index (χ3n) is 4.25. The van der Waals surface area contributed by atoms with E-state index in [9.17, 15) is 4.79 Å². The molecule has 5 heteroatoms. The van der Waals surface area contributed by atoms with Crippen molar-refractivity contribution in [3.8, 4) is 6.07 Å². The number of rotatable bonds is 6. The fourth-order valence-electron chi connectivity index (χ4n) is 3.01. The third-order valence-corrected chi connectivity index (χ3v) is 4.25. The van der Waals surface area contributed by atoms with Gasteiger partial charge in [-0.3, -0.25) is 4.79 Å². The number of carbonyl (C=O) groups excluding carboxylic acids is 1. The second kappa shape index (κ2) is 7.18. The number of Topliss-reactive ketones (excluding diaryl/α,β-unsaturated/α-hetero) is 1. The second-order valence-electron chi connectivity index (χ2n) is 6.01. The lowest BCUT2D eigenvalue weighted by Gasteiger charge is -2.12. The Kier molecular flexibility index (Phi) is 4.80. The standard InChI is InChI=1S/C20H20N4O/c1-14(25)17-9-8-16(13-21)12-19(17)22-10-5-11-24-15(2)23-18-6-3-4-7-20(18)24/h3-4,6-9,12,22H,5,10-11H2,1-2H3. The van der Waals surface area contributed by atoms with Crippen molar-refractivity contribution >= 4 is 22.5 Å². The van der Waals surface area contributed by atoms with Crippen LogP contribution >= 0.6 is 0 Å². The number of imidazole rings is 1. The van der Waals surface area contributed by atoms with E-state index in [1.54, 1.807) is 18.2 Å². The topological polar surface area (TPSA) is 70.7 Å². The van der Waals surface area contributed by atoms with Gasteiger partial charge < -0.3 is 9.88 Å². The molecule has 0 amide bonds. The zero-order valence-electron chi connectivity index (χ0n) is 14.4. The molecule has 0 aliphatic rings. The maximum Gasteiger partial charge on any atom is 0.161 e. The van der Waals surface area contributed by atoms with Crippen molar-refractivity contribution < 1.29 is 4.79 Å². The summed E-state index contributed by atoms with van der Waals surface area (Å²) >= 11 is 0. The summed E-state index contributed by atoms with van der Waals surface area (Å²) in [6.07, 6.45) is 0.884. The molecular formula is C20H20N4O. The molecule has 0 bridgehead atoms. The number of aromatic nitrogens is 2. The van der Waals surface area contributed by atoms with Gasteiger partial charge in [-0.1, -0.05) is 12.1 Å². The highest BCUT2D eigenvalue weighted by Crippen LogP contribution is 2.19. The van der Waals surface area contributed by atoms with Crippen molar-refractivity contribution in [3.63, 3.8) is 0 Å². The molecule has 1 aromatic heterocycles. The van der Waals surface area contributed by atoms with Gasteiger partial charge in [-0.2, -0.15) is 5.26 Å². The van der Waals surface area contributed by atoms with E-state index in [1.807, 2.05) is 25.1 Å². The highest BCUT2D eigenvalue weighted by atomic mass is 16.1. The lowest BCUT2D eigenvalue weighted by atomic mass is 10.1. The lowest BCUT2D eigenvalue weighted by Crippen LogP contribution is -2.10. The largest absolute Gasteiger partial charge is 0.384 e. The van der Waals surface area contributed by atoms with Crippen LogP contribution in [0.4, 0.5) is 5.69 Å². The first-order valence-electron chi connectivity index (χ1n) is 8.31. The number of aryl methyl sites for hydroxylation is 2. The molecule has 2 aromatic carbocycles. The minimum Gasteiger partial charge on any atom is -0.384 e. The number of benzene rings is 2. The SMILES string of the molecule is CC(=O)c1ccc(C#N)cc1NCCCn1c(C)nc2ccccc21. The summed E-state index contributed by atoms with van der Waals surface area (Å²) < 4.78 is 2.20. The molecule has 0 saturated carbocycles. The molecule has 0 aliphatic carbocycles. The van der Waals surface area contributed by atoms with Crippen LogP contribution in [0.1, 0.15) is 35.1 Å². The minimum absolute atomic E-state index is 0.0107.